The van der Waals surface area contributed by atoms with Gasteiger partial charge in [0.25, 0.3) is 5.91 Å². The van der Waals surface area contributed by atoms with Gasteiger partial charge >= 0.3 is 0 Å². The van der Waals surface area contributed by atoms with E-state index in [0.717, 1.165) is 5.56 Å². The molecule has 1 heterocycles. The minimum absolute atomic E-state index is 0.0767. The molecule has 1 amide bonds. The number of benzene rings is 1. The molecule has 1 aliphatic rings. The van der Waals surface area contributed by atoms with Crippen LogP contribution in [0.5, 0.6) is 0 Å². The fourth-order valence-corrected chi connectivity index (χ4v) is 2.07. The molecule has 0 saturated carbocycles. The number of nitrogens with two attached hydrogens (primary N) is 1. The van der Waals surface area contributed by atoms with Gasteiger partial charge in [-0.3, -0.25) is 4.79 Å². The third-order valence-electron chi connectivity index (χ3n) is 2.97. The highest BCUT2D eigenvalue weighted by atomic mass is 16.3. The van der Waals surface area contributed by atoms with Crippen LogP contribution < -0.4 is 5.73 Å². The summed E-state index contributed by atoms with van der Waals surface area (Å²) in [6, 6.07) is 5.43. The van der Waals surface area contributed by atoms with Crippen molar-refractivity contribution in [1.82, 2.24) is 4.90 Å². The second-order valence-corrected chi connectivity index (χ2v) is 4.23. The van der Waals surface area contributed by atoms with E-state index in [1.165, 1.54) is 0 Å². The Kier molecular flexibility index (Phi) is 2.83. The number of carbonyl (C=O) groups is 1. The Bertz CT molecular complexity index is 397. The third kappa shape index (κ3) is 1.88. The molecular formula is C12H16N2O2. The summed E-state index contributed by atoms with van der Waals surface area (Å²) in [5, 5.41) is 9.41. The zero-order chi connectivity index (χ0) is 11.7. The summed E-state index contributed by atoms with van der Waals surface area (Å²) in [5.41, 5.74) is 7.77. The summed E-state index contributed by atoms with van der Waals surface area (Å²) < 4.78 is 0. The Balaban J connectivity index is 2.27. The van der Waals surface area contributed by atoms with Crippen molar-refractivity contribution in [3.8, 4) is 0 Å². The fourth-order valence-electron chi connectivity index (χ4n) is 2.07. The summed E-state index contributed by atoms with van der Waals surface area (Å²) in [6.45, 7) is 2.89. The molecule has 86 valence electrons. The molecule has 0 aromatic heterocycles. The van der Waals surface area contributed by atoms with Crippen LogP contribution in [0.4, 0.5) is 5.69 Å². The van der Waals surface area contributed by atoms with Crippen LogP contribution in [0, 0.1) is 6.92 Å². The van der Waals surface area contributed by atoms with Gasteiger partial charge in [-0.1, -0.05) is 12.1 Å². The topological polar surface area (TPSA) is 66.6 Å². The molecule has 1 aromatic carbocycles. The van der Waals surface area contributed by atoms with Gasteiger partial charge in [0.15, 0.2) is 0 Å². The monoisotopic (exact) mass is 220 g/mol. The number of β-amino-alcohol motifs (C(OH)–C–C–N with tert-alkyl or cyclic N) is 1. The number of nitrogen functional groups attached to an aromatic ring is 1. The van der Waals surface area contributed by atoms with Gasteiger partial charge in [-0.15, -0.1) is 0 Å². The molecule has 0 radical (unpaired) electrons. The van der Waals surface area contributed by atoms with E-state index in [2.05, 4.69) is 0 Å². The van der Waals surface area contributed by atoms with E-state index >= 15 is 0 Å². The van der Waals surface area contributed by atoms with Crippen molar-refractivity contribution < 1.29 is 9.90 Å². The predicted octanol–water partition coefficient (Wildman–Crippen LogP) is 0.784. The summed E-state index contributed by atoms with van der Waals surface area (Å²) in [5.74, 6) is -0.0767. The van der Waals surface area contributed by atoms with E-state index in [1.807, 2.05) is 19.1 Å². The molecule has 1 saturated heterocycles. The van der Waals surface area contributed by atoms with E-state index in [-0.39, 0.29) is 5.91 Å². The minimum Gasteiger partial charge on any atom is -0.398 e. The van der Waals surface area contributed by atoms with E-state index < -0.39 is 6.10 Å². The van der Waals surface area contributed by atoms with Crippen LogP contribution in [-0.4, -0.2) is 35.1 Å². The van der Waals surface area contributed by atoms with Crippen molar-refractivity contribution in [2.45, 2.75) is 19.4 Å². The first-order valence-electron chi connectivity index (χ1n) is 5.42. The maximum absolute atomic E-state index is 12.2. The van der Waals surface area contributed by atoms with Crippen molar-refractivity contribution in [2.24, 2.45) is 0 Å². The van der Waals surface area contributed by atoms with E-state index in [0.29, 0.717) is 30.8 Å². The second-order valence-electron chi connectivity index (χ2n) is 4.23. The highest BCUT2D eigenvalue weighted by Crippen LogP contribution is 2.21. The lowest BCUT2D eigenvalue weighted by Crippen LogP contribution is -2.30. The number of likely N-dealkylation sites (tertiary alicyclic amines) is 1. The number of aliphatic hydroxyl groups is 1. The highest BCUT2D eigenvalue weighted by molar-refractivity contribution is 6.00. The van der Waals surface area contributed by atoms with Gasteiger partial charge in [-0.25, -0.2) is 0 Å². The standard InChI is InChI=1S/C12H16N2O2/c1-8-3-2-4-10(13)11(8)12(16)14-6-5-9(15)7-14/h2-4,9,15H,5-7,13H2,1H3. The van der Waals surface area contributed by atoms with Crippen LogP contribution in [0.15, 0.2) is 18.2 Å². The molecule has 0 spiro atoms. The lowest BCUT2D eigenvalue weighted by Gasteiger charge is -2.18. The molecule has 3 N–H and O–H groups in total. The lowest BCUT2D eigenvalue weighted by molar-refractivity contribution is 0.0765. The molecule has 4 nitrogen and oxygen atoms in total. The molecule has 1 aliphatic heterocycles. The molecule has 1 aromatic rings. The average molecular weight is 220 g/mol. The van der Waals surface area contributed by atoms with Crippen molar-refractivity contribution in [3.05, 3.63) is 29.3 Å². The Hall–Kier alpha value is -1.55. The fraction of sp³-hybridized carbons (Fsp3) is 0.417. The summed E-state index contributed by atoms with van der Waals surface area (Å²) >= 11 is 0. The minimum atomic E-state index is -0.394. The summed E-state index contributed by atoms with van der Waals surface area (Å²) in [7, 11) is 0. The number of aryl methyl sites for hydroxylation is 1. The number of anilines is 1. The second kappa shape index (κ2) is 4.14. The largest absolute Gasteiger partial charge is 0.398 e. The van der Waals surface area contributed by atoms with Gasteiger partial charge < -0.3 is 15.7 Å². The average Bonchev–Trinajstić information content (AvgIpc) is 2.64. The van der Waals surface area contributed by atoms with Crippen LogP contribution in [0.2, 0.25) is 0 Å². The van der Waals surface area contributed by atoms with Crippen molar-refractivity contribution in [2.75, 3.05) is 18.8 Å². The lowest BCUT2D eigenvalue weighted by atomic mass is 10.1. The third-order valence-corrected chi connectivity index (χ3v) is 2.97. The van der Waals surface area contributed by atoms with Crippen LogP contribution in [0.3, 0.4) is 0 Å². The zero-order valence-corrected chi connectivity index (χ0v) is 9.31. The maximum atomic E-state index is 12.2. The van der Waals surface area contributed by atoms with Crippen LogP contribution in [0.25, 0.3) is 0 Å². The number of nitrogens with zero attached hydrogens (tertiary/aromatic N) is 1. The molecule has 1 fully saturated rings. The predicted molar refractivity (Wildman–Crippen MR) is 62.1 cm³/mol. The van der Waals surface area contributed by atoms with Crippen molar-refractivity contribution in [1.29, 1.82) is 0 Å². The first-order chi connectivity index (χ1) is 7.59. The van der Waals surface area contributed by atoms with Gasteiger partial charge in [0.2, 0.25) is 0 Å². The Morgan fingerprint density at radius 3 is 2.88 bits per heavy atom. The van der Waals surface area contributed by atoms with Gasteiger partial charge in [0.05, 0.1) is 11.7 Å². The normalized spacial score (nSPS) is 20.1. The number of carbonyl (C=O) groups excluding carboxylic acids is 1. The van der Waals surface area contributed by atoms with Crippen molar-refractivity contribution in [3.63, 3.8) is 0 Å². The summed E-state index contributed by atoms with van der Waals surface area (Å²) in [6.07, 6.45) is 0.256. The van der Waals surface area contributed by atoms with Crippen LogP contribution >= 0.6 is 0 Å². The maximum Gasteiger partial charge on any atom is 0.256 e. The van der Waals surface area contributed by atoms with Crippen molar-refractivity contribution >= 4 is 11.6 Å². The molecule has 0 bridgehead atoms. The molecule has 4 heteroatoms. The Labute approximate surface area is 94.7 Å². The number of hydrogen-bond acceptors (Lipinski definition) is 3. The van der Waals surface area contributed by atoms with E-state index in [1.54, 1.807) is 11.0 Å². The quantitative estimate of drug-likeness (QED) is 0.687. The number of rotatable bonds is 1. The number of hydrogen-bond donors (Lipinski definition) is 2. The molecule has 0 aliphatic carbocycles. The van der Waals surface area contributed by atoms with Gasteiger partial charge in [0, 0.05) is 18.8 Å². The van der Waals surface area contributed by atoms with E-state index in [9.17, 15) is 9.90 Å². The SMILES string of the molecule is Cc1cccc(N)c1C(=O)N1CCC(O)C1. The highest BCUT2D eigenvalue weighted by Gasteiger charge is 2.27. The molecule has 1 unspecified atom stereocenters. The summed E-state index contributed by atoms with van der Waals surface area (Å²) in [4.78, 5) is 13.8. The Morgan fingerprint density at radius 2 is 2.31 bits per heavy atom. The van der Waals surface area contributed by atoms with Gasteiger partial charge in [-0.2, -0.15) is 0 Å². The number of amides is 1. The Morgan fingerprint density at radius 1 is 1.56 bits per heavy atom. The van der Waals surface area contributed by atoms with Crippen LogP contribution in [0.1, 0.15) is 22.3 Å². The first-order valence-corrected chi connectivity index (χ1v) is 5.42. The van der Waals surface area contributed by atoms with Crippen LogP contribution in [-0.2, 0) is 0 Å². The zero-order valence-electron chi connectivity index (χ0n) is 9.31. The molecular weight excluding hydrogens is 204 g/mol. The smallest absolute Gasteiger partial charge is 0.256 e. The van der Waals surface area contributed by atoms with Gasteiger partial charge in [-0.05, 0) is 25.0 Å². The number of aliphatic hydroxyl groups excluding tert-OH is 1. The molecule has 2 rings (SSSR count). The first kappa shape index (κ1) is 11.0. The molecule has 16 heavy (non-hydrogen) atoms. The molecule has 1 atom stereocenters. The van der Waals surface area contributed by atoms with E-state index in [4.69, 9.17) is 5.73 Å². The van der Waals surface area contributed by atoms with Gasteiger partial charge in [0.1, 0.15) is 0 Å².